The molecule has 0 aliphatic carbocycles. The lowest BCUT2D eigenvalue weighted by Crippen LogP contribution is -2.34. The number of rotatable bonds is 5. The van der Waals surface area contributed by atoms with Crippen LogP contribution in [0.15, 0.2) is 36.9 Å². The first kappa shape index (κ1) is 15.1. The van der Waals surface area contributed by atoms with Crippen LogP contribution in [0.5, 0.6) is 0 Å². The molecule has 1 aromatic carbocycles. The van der Waals surface area contributed by atoms with Crippen LogP contribution in [0.3, 0.4) is 0 Å². The summed E-state index contributed by atoms with van der Waals surface area (Å²) in [7, 11) is 0. The number of unbranched alkanes of at least 4 members (excludes halogenated alkanes) is 1. The van der Waals surface area contributed by atoms with Gasteiger partial charge in [-0.25, -0.2) is 4.79 Å². The fraction of sp³-hybridized carbons (Fsp3) is 0.438. The summed E-state index contributed by atoms with van der Waals surface area (Å²) in [6.45, 7) is 7.19. The van der Waals surface area contributed by atoms with Gasteiger partial charge in [-0.3, -0.25) is 0 Å². The predicted octanol–water partition coefficient (Wildman–Crippen LogP) is 4.20. The molecule has 20 heavy (non-hydrogen) atoms. The monoisotopic (exact) mass is 294 g/mol. The molecule has 0 bridgehead atoms. The quantitative estimate of drug-likeness (QED) is 0.464. The Morgan fingerprint density at radius 1 is 1.40 bits per heavy atom. The molecule has 1 atom stereocenters. The van der Waals surface area contributed by atoms with Crippen molar-refractivity contribution in [2.75, 3.05) is 0 Å². The molecule has 1 saturated heterocycles. The van der Waals surface area contributed by atoms with Gasteiger partial charge < -0.3 is 9.47 Å². The van der Waals surface area contributed by atoms with Crippen LogP contribution in [0.25, 0.3) is 0 Å². The highest BCUT2D eigenvalue weighted by atomic mass is 35.5. The number of esters is 1. The van der Waals surface area contributed by atoms with Crippen molar-refractivity contribution in [2.24, 2.45) is 0 Å². The Labute approximate surface area is 124 Å². The lowest BCUT2D eigenvalue weighted by Gasteiger charge is -2.26. The molecule has 0 saturated carbocycles. The van der Waals surface area contributed by atoms with E-state index < -0.39 is 11.4 Å². The van der Waals surface area contributed by atoms with Crippen molar-refractivity contribution in [2.45, 2.75) is 44.5 Å². The molecule has 1 aliphatic heterocycles. The number of halogens is 1. The first-order valence-electron chi connectivity index (χ1n) is 6.70. The van der Waals surface area contributed by atoms with Crippen LogP contribution >= 0.6 is 11.6 Å². The van der Waals surface area contributed by atoms with E-state index in [0.717, 1.165) is 18.4 Å². The minimum atomic E-state index is -1.07. The second-order valence-corrected chi connectivity index (χ2v) is 5.85. The van der Waals surface area contributed by atoms with E-state index in [1.54, 1.807) is 26.0 Å². The zero-order valence-corrected chi connectivity index (χ0v) is 12.6. The summed E-state index contributed by atoms with van der Waals surface area (Å²) in [5.74, 6) is -1.28. The normalized spacial score (nSPS) is 24.4. The van der Waals surface area contributed by atoms with Crippen LogP contribution < -0.4 is 0 Å². The molecule has 108 valence electrons. The van der Waals surface area contributed by atoms with Gasteiger partial charge in [0.15, 0.2) is 5.60 Å². The van der Waals surface area contributed by atoms with Crippen LogP contribution in [0, 0.1) is 0 Å². The molecule has 2 rings (SSSR count). The van der Waals surface area contributed by atoms with Crippen molar-refractivity contribution in [3.8, 4) is 0 Å². The molecule has 1 fully saturated rings. The van der Waals surface area contributed by atoms with Gasteiger partial charge in [-0.15, -0.1) is 6.58 Å². The van der Waals surface area contributed by atoms with E-state index in [1.165, 1.54) is 0 Å². The highest BCUT2D eigenvalue weighted by Gasteiger charge is 2.54. The molecule has 0 N–H and O–H groups in total. The third-order valence-electron chi connectivity index (χ3n) is 3.32. The Bertz CT molecular complexity index is 524. The highest BCUT2D eigenvalue weighted by Crippen LogP contribution is 2.43. The molecule has 1 aromatic rings. The Kier molecular flexibility index (Phi) is 4.21. The van der Waals surface area contributed by atoms with Gasteiger partial charge >= 0.3 is 5.97 Å². The van der Waals surface area contributed by atoms with E-state index >= 15 is 0 Å². The maximum atomic E-state index is 12.4. The molecular formula is C16H19ClO3. The maximum Gasteiger partial charge on any atom is 0.345 e. The van der Waals surface area contributed by atoms with Crippen molar-refractivity contribution in [3.05, 3.63) is 47.5 Å². The van der Waals surface area contributed by atoms with Gasteiger partial charge in [0.25, 0.3) is 0 Å². The smallest absolute Gasteiger partial charge is 0.345 e. The van der Waals surface area contributed by atoms with Gasteiger partial charge in [0.1, 0.15) is 0 Å². The Morgan fingerprint density at radius 3 is 2.70 bits per heavy atom. The topological polar surface area (TPSA) is 35.5 Å². The molecule has 1 heterocycles. The predicted molar refractivity (Wildman–Crippen MR) is 78.4 cm³/mol. The third-order valence-corrected chi connectivity index (χ3v) is 3.55. The molecule has 0 amide bonds. The van der Waals surface area contributed by atoms with E-state index in [9.17, 15) is 4.79 Å². The number of ether oxygens (including phenoxy) is 2. The molecule has 1 aliphatic rings. The first-order chi connectivity index (χ1) is 9.39. The van der Waals surface area contributed by atoms with Gasteiger partial charge in [0.05, 0.1) is 0 Å². The van der Waals surface area contributed by atoms with E-state index in [2.05, 4.69) is 6.58 Å². The Hall–Kier alpha value is -1.32. The number of benzene rings is 1. The largest absolute Gasteiger partial charge is 0.431 e. The second kappa shape index (κ2) is 5.58. The van der Waals surface area contributed by atoms with Crippen molar-refractivity contribution in [3.63, 3.8) is 0 Å². The molecular weight excluding hydrogens is 276 g/mol. The molecule has 1 unspecified atom stereocenters. The first-order valence-corrected chi connectivity index (χ1v) is 7.08. The molecule has 3 nitrogen and oxygen atoms in total. The third kappa shape index (κ3) is 2.89. The van der Waals surface area contributed by atoms with Crippen LogP contribution in [-0.2, 0) is 19.9 Å². The summed E-state index contributed by atoms with van der Waals surface area (Å²) in [4.78, 5) is 12.4. The zero-order valence-electron chi connectivity index (χ0n) is 11.8. The van der Waals surface area contributed by atoms with E-state index in [0.29, 0.717) is 11.4 Å². The maximum absolute atomic E-state index is 12.4. The van der Waals surface area contributed by atoms with Gasteiger partial charge in [-0.05, 0) is 37.0 Å². The van der Waals surface area contributed by atoms with E-state index in [1.807, 2.05) is 18.2 Å². The molecule has 0 radical (unpaired) electrons. The van der Waals surface area contributed by atoms with Crippen LogP contribution in [-0.4, -0.2) is 11.8 Å². The van der Waals surface area contributed by atoms with Crippen molar-refractivity contribution in [1.29, 1.82) is 0 Å². The number of allylic oxidation sites excluding steroid dienone is 1. The zero-order chi connectivity index (χ0) is 14.8. The lowest BCUT2D eigenvalue weighted by atomic mass is 9.88. The van der Waals surface area contributed by atoms with Gasteiger partial charge in [-0.1, -0.05) is 29.8 Å². The number of carbonyl (C=O) groups is 1. The summed E-state index contributed by atoms with van der Waals surface area (Å²) in [5.41, 5.74) is -0.332. The lowest BCUT2D eigenvalue weighted by molar-refractivity contribution is -0.168. The summed E-state index contributed by atoms with van der Waals surface area (Å²) in [6, 6.07) is 7.20. The Morgan fingerprint density at radius 2 is 2.15 bits per heavy atom. The number of carbonyl (C=O) groups excluding carboxylic acids is 1. The van der Waals surface area contributed by atoms with Gasteiger partial charge in [0, 0.05) is 18.9 Å². The molecule has 4 heteroatoms. The second-order valence-electron chi connectivity index (χ2n) is 5.41. The minimum absolute atomic E-state index is 0.353. The standard InChI is InChI=1S/C16H19ClO3/c1-4-5-6-10-16(12-8-7-9-13(17)11-12)14(18)19-15(2,3)20-16/h4,7-9,11H,1,5-6,10H2,2-3H3. The molecule has 0 aromatic heterocycles. The van der Waals surface area contributed by atoms with Crippen molar-refractivity contribution >= 4 is 17.6 Å². The van der Waals surface area contributed by atoms with Crippen molar-refractivity contribution in [1.82, 2.24) is 0 Å². The van der Waals surface area contributed by atoms with Crippen LogP contribution in [0.2, 0.25) is 5.02 Å². The Balaban J connectivity index is 2.39. The summed E-state index contributed by atoms with van der Waals surface area (Å²) in [5, 5.41) is 0.576. The molecule has 0 spiro atoms. The van der Waals surface area contributed by atoms with Crippen LogP contribution in [0.1, 0.15) is 38.7 Å². The fourth-order valence-corrected chi connectivity index (χ4v) is 2.69. The van der Waals surface area contributed by atoms with E-state index in [4.69, 9.17) is 21.1 Å². The van der Waals surface area contributed by atoms with Crippen molar-refractivity contribution < 1.29 is 14.3 Å². The average molecular weight is 295 g/mol. The summed E-state index contributed by atoms with van der Waals surface area (Å²) >= 11 is 6.04. The van der Waals surface area contributed by atoms with Gasteiger partial charge in [-0.2, -0.15) is 0 Å². The number of cyclic esters (lactones) is 1. The fourth-order valence-electron chi connectivity index (χ4n) is 2.50. The number of hydrogen-bond donors (Lipinski definition) is 0. The van der Waals surface area contributed by atoms with E-state index in [-0.39, 0.29) is 5.97 Å². The number of hydrogen-bond acceptors (Lipinski definition) is 3. The van der Waals surface area contributed by atoms with Gasteiger partial charge in [0.2, 0.25) is 5.79 Å². The SMILES string of the molecule is C=CCCCC1(c2cccc(Cl)c2)OC(C)(C)OC1=O. The van der Waals surface area contributed by atoms with Crippen LogP contribution in [0.4, 0.5) is 0 Å². The average Bonchev–Trinajstić information content (AvgIpc) is 2.60. The summed E-state index contributed by atoms with van der Waals surface area (Å²) < 4.78 is 11.3. The minimum Gasteiger partial charge on any atom is -0.431 e. The highest BCUT2D eigenvalue weighted by molar-refractivity contribution is 6.30. The summed E-state index contributed by atoms with van der Waals surface area (Å²) in [6.07, 6.45) is 3.99.